The smallest absolute Gasteiger partial charge is 0.271 e. The van der Waals surface area contributed by atoms with Crippen LogP contribution in [0.25, 0.3) is 11.3 Å². The van der Waals surface area contributed by atoms with Gasteiger partial charge in [-0.25, -0.2) is 10.4 Å². The van der Waals surface area contributed by atoms with Crippen LogP contribution in [0, 0.1) is 20.8 Å². The van der Waals surface area contributed by atoms with E-state index in [1.54, 1.807) is 24.3 Å². The molecule has 0 saturated carbocycles. The molecule has 0 aliphatic rings. The SMILES string of the molecule is Cc1ccc(Nc2nc(-c3ccc(C(=O)N/N=C/c4cc(Cl)c(OCC(=O)Nc5cc(C)ccc5C)c(Cl)c4)cc3)cs2)cc1. The predicted octanol–water partition coefficient (Wildman–Crippen LogP) is 8.57. The van der Waals surface area contributed by atoms with Crippen molar-refractivity contribution in [2.45, 2.75) is 20.8 Å². The van der Waals surface area contributed by atoms with Crippen LogP contribution in [0.2, 0.25) is 10.0 Å². The molecule has 5 aromatic rings. The minimum Gasteiger partial charge on any atom is -0.481 e. The van der Waals surface area contributed by atoms with Gasteiger partial charge in [0.15, 0.2) is 17.5 Å². The normalized spacial score (nSPS) is 11.0. The van der Waals surface area contributed by atoms with E-state index in [-0.39, 0.29) is 34.2 Å². The van der Waals surface area contributed by atoms with E-state index in [4.69, 9.17) is 27.9 Å². The minimum atomic E-state index is -0.384. The number of anilines is 3. The number of hydrazone groups is 1. The zero-order chi connectivity index (χ0) is 31.9. The van der Waals surface area contributed by atoms with Gasteiger partial charge in [-0.15, -0.1) is 11.3 Å². The fraction of sp³-hybridized carbons (Fsp3) is 0.118. The number of nitrogens with zero attached hydrogens (tertiary/aromatic N) is 2. The van der Waals surface area contributed by atoms with Gasteiger partial charge in [0, 0.05) is 27.9 Å². The molecule has 228 valence electrons. The number of benzene rings is 4. The van der Waals surface area contributed by atoms with Gasteiger partial charge in [0.05, 0.1) is 22.0 Å². The van der Waals surface area contributed by atoms with Crippen LogP contribution in [0.1, 0.15) is 32.6 Å². The van der Waals surface area contributed by atoms with Gasteiger partial charge in [-0.3, -0.25) is 9.59 Å². The third kappa shape index (κ3) is 8.48. The molecular weight excluding hydrogens is 629 g/mol. The number of rotatable bonds is 10. The van der Waals surface area contributed by atoms with Gasteiger partial charge in [0.25, 0.3) is 11.8 Å². The second kappa shape index (κ2) is 14.4. The maximum absolute atomic E-state index is 12.7. The quantitative estimate of drug-likeness (QED) is 0.103. The Bertz CT molecular complexity index is 1850. The summed E-state index contributed by atoms with van der Waals surface area (Å²) in [5, 5.41) is 13.3. The Kier molecular flexibility index (Phi) is 10.1. The summed E-state index contributed by atoms with van der Waals surface area (Å²) in [5.41, 5.74) is 10.0. The molecule has 0 aliphatic heterocycles. The van der Waals surface area contributed by atoms with Crippen LogP contribution < -0.4 is 20.8 Å². The van der Waals surface area contributed by atoms with Crippen LogP contribution in [0.3, 0.4) is 0 Å². The van der Waals surface area contributed by atoms with E-state index < -0.39 is 0 Å². The topological polar surface area (TPSA) is 105 Å². The molecule has 45 heavy (non-hydrogen) atoms. The van der Waals surface area contributed by atoms with Crippen molar-refractivity contribution in [3.63, 3.8) is 0 Å². The molecule has 0 aliphatic carbocycles. The van der Waals surface area contributed by atoms with E-state index >= 15 is 0 Å². The lowest BCUT2D eigenvalue weighted by Gasteiger charge is -2.12. The van der Waals surface area contributed by atoms with E-state index in [9.17, 15) is 9.59 Å². The van der Waals surface area contributed by atoms with Crippen LogP contribution in [0.4, 0.5) is 16.5 Å². The second-order valence-corrected chi connectivity index (χ2v) is 11.9. The van der Waals surface area contributed by atoms with E-state index in [1.807, 2.05) is 80.7 Å². The maximum atomic E-state index is 12.7. The summed E-state index contributed by atoms with van der Waals surface area (Å²) in [4.78, 5) is 29.7. The summed E-state index contributed by atoms with van der Waals surface area (Å²) in [6.45, 7) is 5.63. The third-order valence-corrected chi connectivity index (χ3v) is 7.98. The highest BCUT2D eigenvalue weighted by atomic mass is 35.5. The highest BCUT2D eigenvalue weighted by molar-refractivity contribution is 7.14. The molecule has 8 nitrogen and oxygen atoms in total. The van der Waals surface area contributed by atoms with Crippen LogP contribution >= 0.6 is 34.5 Å². The van der Waals surface area contributed by atoms with Crippen molar-refractivity contribution in [2.24, 2.45) is 5.10 Å². The summed E-state index contributed by atoms with van der Waals surface area (Å²) in [5.74, 6) is -0.553. The van der Waals surface area contributed by atoms with Crippen molar-refractivity contribution in [2.75, 3.05) is 17.2 Å². The zero-order valence-corrected chi connectivity index (χ0v) is 27.0. The van der Waals surface area contributed by atoms with E-state index in [2.05, 4.69) is 26.1 Å². The number of halogens is 2. The molecule has 0 atom stereocenters. The minimum absolute atomic E-state index is 0.175. The molecule has 0 spiro atoms. The van der Waals surface area contributed by atoms with Crippen LogP contribution in [0.15, 0.2) is 89.3 Å². The second-order valence-electron chi connectivity index (χ2n) is 10.3. The maximum Gasteiger partial charge on any atom is 0.271 e. The van der Waals surface area contributed by atoms with E-state index in [1.165, 1.54) is 23.1 Å². The summed E-state index contributed by atoms with van der Waals surface area (Å²) in [7, 11) is 0. The fourth-order valence-corrected chi connectivity index (χ4v) is 5.59. The van der Waals surface area contributed by atoms with E-state index in [0.717, 1.165) is 33.2 Å². The summed E-state index contributed by atoms with van der Waals surface area (Å²) >= 11 is 14.3. The summed E-state index contributed by atoms with van der Waals surface area (Å²) < 4.78 is 5.60. The Balaban J connectivity index is 1.14. The first-order chi connectivity index (χ1) is 21.6. The van der Waals surface area contributed by atoms with Crippen molar-refractivity contribution in [1.29, 1.82) is 0 Å². The first kappa shape index (κ1) is 31.7. The number of thiazole rings is 1. The number of aryl methyl sites for hydroxylation is 3. The Hall–Kier alpha value is -4.70. The molecule has 5 rings (SSSR count). The highest BCUT2D eigenvalue weighted by Crippen LogP contribution is 2.34. The first-order valence-electron chi connectivity index (χ1n) is 13.9. The van der Waals surface area contributed by atoms with Gasteiger partial charge in [0.1, 0.15) is 0 Å². The lowest BCUT2D eigenvalue weighted by molar-refractivity contribution is -0.118. The van der Waals surface area contributed by atoms with Gasteiger partial charge in [0.2, 0.25) is 0 Å². The summed E-state index contributed by atoms with van der Waals surface area (Å²) in [6.07, 6.45) is 1.42. The number of ether oxygens (including phenoxy) is 1. The molecule has 0 saturated heterocycles. The molecule has 2 amide bonds. The molecule has 1 aromatic heterocycles. The average molecular weight is 659 g/mol. The van der Waals surface area contributed by atoms with Crippen LogP contribution in [-0.2, 0) is 4.79 Å². The molecule has 0 fully saturated rings. The number of hydrogen-bond acceptors (Lipinski definition) is 7. The van der Waals surface area contributed by atoms with Crippen molar-refractivity contribution >= 4 is 69.1 Å². The Morgan fingerprint density at radius 1 is 0.911 bits per heavy atom. The first-order valence-corrected chi connectivity index (χ1v) is 15.5. The highest BCUT2D eigenvalue weighted by Gasteiger charge is 2.13. The zero-order valence-electron chi connectivity index (χ0n) is 24.7. The van der Waals surface area contributed by atoms with Crippen molar-refractivity contribution in [1.82, 2.24) is 10.4 Å². The Labute approximate surface area is 275 Å². The molecule has 0 bridgehead atoms. The Morgan fingerprint density at radius 2 is 1.60 bits per heavy atom. The predicted molar refractivity (Wildman–Crippen MR) is 184 cm³/mol. The Morgan fingerprint density at radius 3 is 2.31 bits per heavy atom. The van der Waals surface area contributed by atoms with Crippen molar-refractivity contribution < 1.29 is 14.3 Å². The third-order valence-electron chi connectivity index (χ3n) is 6.66. The van der Waals surface area contributed by atoms with Crippen molar-refractivity contribution in [3.8, 4) is 17.0 Å². The van der Waals surface area contributed by atoms with Gasteiger partial charge in [-0.1, -0.05) is 65.2 Å². The number of aromatic nitrogens is 1. The number of carbonyl (C=O) groups excluding carboxylic acids is 2. The molecule has 0 radical (unpaired) electrons. The lowest BCUT2D eigenvalue weighted by atomic mass is 10.1. The molecule has 4 aromatic carbocycles. The molecule has 0 unspecified atom stereocenters. The molecule has 11 heteroatoms. The number of hydrogen-bond donors (Lipinski definition) is 3. The summed E-state index contributed by atoms with van der Waals surface area (Å²) in [6, 6.07) is 24.1. The number of carbonyl (C=O) groups is 2. The largest absolute Gasteiger partial charge is 0.481 e. The van der Waals surface area contributed by atoms with Crippen LogP contribution in [-0.4, -0.2) is 29.6 Å². The van der Waals surface area contributed by atoms with Gasteiger partial charge in [-0.2, -0.15) is 5.10 Å². The average Bonchev–Trinajstić information content (AvgIpc) is 3.48. The number of amides is 2. The van der Waals surface area contributed by atoms with Crippen molar-refractivity contribution in [3.05, 3.63) is 122 Å². The van der Waals surface area contributed by atoms with Crippen LogP contribution in [0.5, 0.6) is 5.75 Å². The van der Waals surface area contributed by atoms with Gasteiger partial charge < -0.3 is 15.4 Å². The standard InChI is InChI=1S/C34H29Cl2N5O3S/c1-20-5-12-26(13-6-20)38-34-40-30(19-45-34)24-8-10-25(11-9-24)33(43)41-37-17-23-15-27(35)32(28(36)16-23)44-18-31(42)39-29-14-21(2)4-7-22(29)3/h4-17,19H,18H2,1-3H3,(H,38,40)(H,39,42)(H,41,43)/b37-17+. The van der Waals surface area contributed by atoms with Gasteiger partial charge in [-0.05, 0) is 79.9 Å². The monoisotopic (exact) mass is 657 g/mol. The fourth-order valence-electron chi connectivity index (χ4n) is 4.23. The molecular formula is C34H29Cl2N5O3S. The molecule has 3 N–H and O–H groups in total. The van der Waals surface area contributed by atoms with E-state index in [0.29, 0.717) is 16.8 Å². The van der Waals surface area contributed by atoms with Gasteiger partial charge >= 0.3 is 0 Å². The molecule has 1 heterocycles. The number of nitrogens with one attached hydrogen (secondary N) is 3. The lowest BCUT2D eigenvalue weighted by Crippen LogP contribution is -2.21.